The summed E-state index contributed by atoms with van der Waals surface area (Å²) in [5.41, 5.74) is 1.31. The largest absolute Gasteiger partial charge is 0.426 e. The van der Waals surface area contributed by atoms with Gasteiger partial charge in [0, 0.05) is 18.4 Å². The van der Waals surface area contributed by atoms with Crippen molar-refractivity contribution in [2.45, 2.75) is 33.6 Å². The second kappa shape index (κ2) is 3.99. The van der Waals surface area contributed by atoms with E-state index in [0.717, 1.165) is 11.1 Å². The molecule has 0 saturated carbocycles. The number of ketones is 1. The molecule has 3 heteroatoms. The summed E-state index contributed by atoms with van der Waals surface area (Å²) in [5.74, 6) is 0.442. The maximum Gasteiger partial charge on any atom is 0.316 e. The fourth-order valence-corrected chi connectivity index (χ4v) is 1.80. The van der Waals surface area contributed by atoms with Crippen molar-refractivity contribution in [1.82, 2.24) is 0 Å². The van der Waals surface area contributed by atoms with Crippen molar-refractivity contribution < 1.29 is 14.3 Å². The maximum atomic E-state index is 11.8. The smallest absolute Gasteiger partial charge is 0.316 e. The molecule has 2 rings (SSSR count). The van der Waals surface area contributed by atoms with Gasteiger partial charge in [-0.2, -0.15) is 0 Å². The van der Waals surface area contributed by atoms with E-state index >= 15 is 0 Å². The van der Waals surface area contributed by atoms with E-state index in [1.807, 2.05) is 32.9 Å². The molecule has 0 amide bonds. The van der Waals surface area contributed by atoms with Gasteiger partial charge >= 0.3 is 5.97 Å². The van der Waals surface area contributed by atoms with E-state index < -0.39 is 5.41 Å². The first kappa shape index (κ1) is 11.8. The van der Waals surface area contributed by atoms with Crippen LogP contribution < -0.4 is 4.74 Å². The lowest BCUT2D eigenvalue weighted by Crippen LogP contribution is -2.26. The maximum absolute atomic E-state index is 11.8. The monoisotopic (exact) mass is 232 g/mol. The number of ether oxygens (including phenoxy) is 1. The average molecular weight is 232 g/mol. The van der Waals surface area contributed by atoms with Gasteiger partial charge in [-0.25, -0.2) is 0 Å². The van der Waals surface area contributed by atoms with Crippen LogP contribution in [0, 0.1) is 5.41 Å². The molecule has 0 saturated heterocycles. The van der Waals surface area contributed by atoms with Crippen LogP contribution in [0.3, 0.4) is 0 Å². The molecular formula is C14H16O3. The topological polar surface area (TPSA) is 43.4 Å². The Labute approximate surface area is 101 Å². The van der Waals surface area contributed by atoms with E-state index in [9.17, 15) is 9.59 Å². The van der Waals surface area contributed by atoms with Gasteiger partial charge in [0.05, 0.1) is 5.41 Å². The van der Waals surface area contributed by atoms with Gasteiger partial charge in [-0.05, 0) is 32.4 Å². The summed E-state index contributed by atoms with van der Waals surface area (Å²) in [6.45, 7) is 5.43. The van der Waals surface area contributed by atoms with Crippen molar-refractivity contribution in [1.29, 1.82) is 0 Å². The standard InChI is InChI=1S/C14H16O3/c1-14(2,3)13(16)17-12-6-4-5-9-7-10(15)8-11(9)12/h4-6H,7-8H2,1-3H3. The van der Waals surface area contributed by atoms with E-state index in [1.54, 1.807) is 6.07 Å². The van der Waals surface area contributed by atoms with Gasteiger partial charge in [-0.3, -0.25) is 9.59 Å². The second-order valence-electron chi connectivity index (χ2n) is 5.43. The van der Waals surface area contributed by atoms with Crippen LogP contribution in [0.25, 0.3) is 0 Å². The Morgan fingerprint density at radius 1 is 1.24 bits per heavy atom. The highest BCUT2D eigenvalue weighted by Gasteiger charge is 2.27. The zero-order valence-electron chi connectivity index (χ0n) is 10.4. The van der Waals surface area contributed by atoms with Gasteiger partial charge in [0.15, 0.2) is 0 Å². The molecule has 0 aliphatic heterocycles. The zero-order valence-corrected chi connectivity index (χ0v) is 10.4. The fourth-order valence-electron chi connectivity index (χ4n) is 1.80. The summed E-state index contributed by atoms with van der Waals surface area (Å²) in [6.07, 6.45) is 0.833. The minimum atomic E-state index is -0.536. The number of hydrogen-bond acceptors (Lipinski definition) is 3. The lowest BCUT2D eigenvalue weighted by Gasteiger charge is -2.17. The van der Waals surface area contributed by atoms with Crippen molar-refractivity contribution in [3.05, 3.63) is 29.3 Å². The molecule has 0 unspecified atom stereocenters. The molecule has 1 aliphatic rings. The van der Waals surface area contributed by atoms with E-state index in [4.69, 9.17) is 4.74 Å². The highest BCUT2D eigenvalue weighted by atomic mass is 16.5. The van der Waals surface area contributed by atoms with E-state index in [0.29, 0.717) is 18.6 Å². The Balaban J connectivity index is 2.27. The van der Waals surface area contributed by atoms with Crippen molar-refractivity contribution in [2.75, 3.05) is 0 Å². The van der Waals surface area contributed by atoms with Gasteiger partial charge in [0.2, 0.25) is 0 Å². The Hall–Kier alpha value is -1.64. The number of carbonyl (C=O) groups is 2. The highest BCUT2D eigenvalue weighted by molar-refractivity contribution is 5.89. The van der Waals surface area contributed by atoms with E-state index in [-0.39, 0.29) is 11.8 Å². The SMILES string of the molecule is CC(C)(C)C(=O)Oc1cccc2c1CC(=O)C2. The minimum Gasteiger partial charge on any atom is -0.426 e. The van der Waals surface area contributed by atoms with Gasteiger partial charge in [0.1, 0.15) is 11.5 Å². The van der Waals surface area contributed by atoms with Gasteiger partial charge < -0.3 is 4.74 Å². The number of Topliss-reactive ketones (excluding diaryl/α,β-unsaturated/α-hetero) is 1. The number of rotatable bonds is 1. The zero-order chi connectivity index (χ0) is 12.6. The first-order valence-electron chi connectivity index (χ1n) is 5.72. The molecule has 90 valence electrons. The van der Waals surface area contributed by atoms with Crippen LogP contribution in [0.2, 0.25) is 0 Å². The summed E-state index contributed by atoms with van der Waals surface area (Å²) in [5, 5.41) is 0. The third-order valence-corrected chi connectivity index (χ3v) is 2.81. The molecule has 1 aromatic rings. The number of esters is 1. The number of benzene rings is 1. The third-order valence-electron chi connectivity index (χ3n) is 2.81. The highest BCUT2D eigenvalue weighted by Crippen LogP contribution is 2.30. The quantitative estimate of drug-likeness (QED) is 0.551. The van der Waals surface area contributed by atoms with Crippen LogP contribution in [0.4, 0.5) is 0 Å². The molecule has 0 atom stereocenters. The van der Waals surface area contributed by atoms with Crippen molar-refractivity contribution in [3.63, 3.8) is 0 Å². The molecule has 0 spiro atoms. The molecule has 0 aromatic heterocycles. The molecule has 1 aromatic carbocycles. The van der Waals surface area contributed by atoms with Crippen molar-refractivity contribution in [3.8, 4) is 5.75 Å². The summed E-state index contributed by atoms with van der Waals surface area (Å²) >= 11 is 0. The lowest BCUT2D eigenvalue weighted by atomic mass is 9.97. The Bertz CT molecular complexity index is 481. The second-order valence-corrected chi connectivity index (χ2v) is 5.43. The molecule has 1 aliphatic carbocycles. The Morgan fingerprint density at radius 2 is 1.94 bits per heavy atom. The summed E-state index contributed by atoms with van der Waals surface area (Å²) in [4.78, 5) is 23.2. The molecule has 0 fully saturated rings. The van der Waals surface area contributed by atoms with Crippen molar-refractivity contribution >= 4 is 11.8 Å². The summed E-state index contributed by atoms with van der Waals surface area (Å²) in [6, 6.07) is 5.48. The van der Waals surface area contributed by atoms with Crippen LogP contribution in [-0.4, -0.2) is 11.8 Å². The molecule has 3 nitrogen and oxygen atoms in total. The Morgan fingerprint density at radius 3 is 2.59 bits per heavy atom. The van der Waals surface area contributed by atoms with Crippen molar-refractivity contribution in [2.24, 2.45) is 5.41 Å². The number of carbonyl (C=O) groups excluding carboxylic acids is 2. The van der Waals surface area contributed by atoms with Crippen LogP contribution >= 0.6 is 0 Å². The molecular weight excluding hydrogens is 216 g/mol. The molecule has 0 N–H and O–H groups in total. The molecule has 0 heterocycles. The summed E-state index contributed by atoms with van der Waals surface area (Å²) in [7, 11) is 0. The number of hydrogen-bond donors (Lipinski definition) is 0. The fraction of sp³-hybridized carbons (Fsp3) is 0.429. The first-order chi connectivity index (χ1) is 7.88. The molecule has 0 bridgehead atoms. The predicted molar refractivity (Wildman–Crippen MR) is 63.9 cm³/mol. The van der Waals surface area contributed by atoms with E-state index in [2.05, 4.69) is 0 Å². The van der Waals surface area contributed by atoms with E-state index in [1.165, 1.54) is 0 Å². The average Bonchev–Trinajstić information content (AvgIpc) is 2.58. The molecule has 0 radical (unpaired) electrons. The molecule has 17 heavy (non-hydrogen) atoms. The van der Waals surface area contributed by atoms with Crippen LogP contribution in [0.1, 0.15) is 31.9 Å². The summed E-state index contributed by atoms with van der Waals surface area (Å²) < 4.78 is 5.38. The first-order valence-corrected chi connectivity index (χ1v) is 5.72. The number of fused-ring (bicyclic) bond motifs is 1. The lowest BCUT2D eigenvalue weighted by molar-refractivity contribution is -0.143. The van der Waals surface area contributed by atoms with Gasteiger partial charge in [-0.1, -0.05) is 12.1 Å². The van der Waals surface area contributed by atoms with Crippen LogP contribution in [0.15, 0.2) is 18.2 Å². The normalized spacial score (nSPS) is 14.6. The van der Waals surface area contributed by atoms with Crippen LogP contribution in [-0.2, 0) is 22.4 Å². The van der Waals surface area contributed by atoms with Gasteiger partial charge in [-0.15, -0.1) is 0 Å². The van der Waals surface area contributed by atoms with Crippen LogP contribution in [0.5, 0.6) is 5.75 Å². The van der Waals surface area contributed by atoms with Gasteiger partial charge in [0.25, 0.3) is 0 Å². The minimum absolute atomic E-state index is 0.180. The predicted octanol–water partition coefficient (Wildman–Crippen LogP) is 2.31. The third kappa shape index (κ3) is 2.38. The Kier molecular flexibility index (Phi) is 2.77.